The van der Waals surface area contributed by atoms with Gasteiger partial charge in [0, 0.05) is 0 Å². The van der Waals surface area contributed by atoms with Crippen LogP contribution in [0.2, 0.25) is 0 Å². The molecule has 12 heavy (non-hydrogen) atoms. The first-order chi connectivity index (χ1) is 5.02. The molecule has 5 N–H and O–H groups in total. The van der Waals surface area contributed by atoms with E-state index in [0.29, 0.717) is 0 Å². The molecule has 0 rings (SSSR count). The zero-order valence-corrected chi connectivity index (χ0v) is 7.48. The number of carbonyl (C=O) groups is 2. The Morgan fingerprint density at radius 1 is 1.42 bits per heavy atom. The summed E-state index contributed by atoms with van der Waals surface area (Å²) in [6.45, 7) is -0.294. The van der Waals surface area contributed by atoms with Crippen molar-refractivity contribution in [2.45, 2.75) is 0 Å². The molecule has 0 aromatic heterocycles. The number of aliphatic imine (C=N–C) groups is 1. The predicted octanol–water partition coefficient (Wildman–Crippen LogP) is -0.843. The Hall–Kier alpha value is -1.01. The fraction of sp³-hybridized carbons (Fsp3) is 0.250. The van der Waals surface area contributed by atoms with Crippen molar-refractivity contribution in [3.05, 3.63) is 0 Å². The van der Waals surface area contributed by atoms with E-state index in [1.165, 1.54) is 0 Å². The van der Waals surface area contributed by atoms with Gasteiger partial charge in [-0.15, -0.1) is 12.4 Å². The molecule has 0 saturated carbocycles. The number of nitrogens with two attached hydrogens (primary N) is 2. The Kier molecular flexibility index (Phi) is 7.56. The van der Waals surface area contributed by atoms with Crippen LogP contribution in [-0.2, 0) is 4.79 Å². The number of nitrogens with zero attached hydrogens (tertiary/aromatic N) is 1. The van der Waals surface area contributed by atoms with Gasteiger partial charge in [-0.2, -0.15) is 4.99 Å². The van der Waals surface area contributed by atoms with Gasteiger partial charge in [-0.05, 0) is 11.6 Å². The molecule has 0 bridgehead atoms. The van der Waals surface area contributed by atoms with Crippen molar-refractivity contribution in [2.75, 3.05) is 6.54 Å². The molecule has 0 saturated heterocycles. The number of rotatable bonds is 2. The van der Waals surface area contributed by atoms with E-state index in [-0.39, 0.29) is 24.9 Å². The van der Waals surface area contributed by atoms with Crippen LogP contribution in [-0.4, -0.2) is 23.8 Å². The molecule has 0 unspecified atom stereocenters. The molecule has 8 heteroatoms. The number of amides is 2. The molecule has 0 aromatic rings. The Morgan fingerprint density at radius 2 is 1.92 bits per heavy atom. The number of carbonyl (C=O) groups excluding carboxylic acids is 2. The molecule has 70 valence electrons. The molecule has 0 heterocycles. The van der Waals surface area contributed by atoms with E-state index >= 15 is 0 Å². The monoisotopic (exact) mass is 214 g/mol. The minimum Gasteiger partial charge on any atom is -0.370 e. The molecule has 0 spiro atoms. The van der Waals surface area contributed by atoms with Crippen molar-refractivity contribution in [3.8, 4) is 0 Å². The minimum absolute atomic E-state index is 0. The van der Waals surface area contributed by atoms with Crippen LogP contribution >= 0.6 is 24.0 Å². The third-order valence-electron chi connectivity index (χ3n) is 0.609. The summed E-state index contributed by atoms with van der Waals surface area (Å²) in [5.41, 5.74) is 9.70. The van der Waals surface area contributed by atoms with Crippen molar-refractivity contribution in [3.63, 3.8) is 0 Å². The largest absolute Gasteiger partial charge is 0.370 e. The summed E-state index contributed by atoms with van der Waals surface area (Å²) in [4.78, 5) is 23.6. The van der Waals surface area contributed by atoms with Crippen LogP contribution in [0.5, 0.6) is 0 Å². The summed E-state index contributed by atoms with van der Waals surface area (Å²) in [6, 6.07) is -0.793. The van der Waals surface area contributed by atoms with Crippen LogP contribution in [0, 0.1) is 0 Å². The zero-order chi connectivity index (χ0) is 8.85. The lowest BCUT2D eigenvalue weighted by molar-refractivity contribution is -0.110. The molecule has 0 atom stereocenters. The summed E-state index contributed by atoms with van der Waals surface area (Å²) in [6.07, 6.45) is 0. The number of hydrogen-bond acceptors (Lipinski definition) is 2. The quantitative estimate of drug-likeness (QED) is 0.316. The van der Waals surface area contributed by atoms with E-state index in [4.69, 9.17) is 23.1 Å². The molecule has 0 aliphatic rings. The first-order valence-electron chi connectivity index (χ1n) is 2.58. The second-order valence-corrected chi connectivity index (χ2v) is 1.97. The van der Waals surface area contributed by atoms with Crippen LogP contribution in [0.3, 0.4) is 0 Å². The smallest absolute Gasteiger partial charge is 0.344 e. The molecule has 0 aliphatic heterocycles. The number of guanidine groups is 1. The predicted molar refractivity (Wildman–Crippen MR) is 47.3 cm³/mol. The van der Waals surface area contributed by atoms with E-state index in [0.717, 1.165) is 0 Å². The molecule has 6 nitrogen and oxygen atoms in total. The van der Waals surface area contributed by atoms with Gasteiger partial charge in [-0.1, -0.05) is 0 Å². The highest BCUT2D eigenvalue weighted by molar-refractivity contribution is 6.64. The van der Waals surface area contributed by atoms with Crippen LogP contribution in [0.15, 0.2) is 4.99 Å². The van der Waals surface area contributed by atoms with Crippen molar-refractivity contribution in [1.82, 2.24) is 5.32 Å². The van der Waals surface area contributed by atoms with Gasteiger partial charge in [-0.3, -0.25) is 4.79 Å². The summed E-state index contributed by atoms with van der Waals surface area (Å²) < 4.78 is 0. The average Bonchev–Trinajstić information content (AvgIpc) is 1.82. The van der Waals surface area contributed by atoms with E-state index in [1.807, 2.05) is 5.32 Å². The van der Waals surface area contributed by atoms with Crippen LogP contribution in [0.1, 0.15) is 0 Å². The highest BCUT2D eigenvalue weighted by atomic mass is 35.5. The Labute approximate surface area is 79.7 Å². The minimum atomic E-state index is -0.793. The van der Waals surface area contributed by atoms with Gasteiger partial charge >= 0.3 is 6.03 Å². The van der Waals surface area contributed by atoms with Gasteiger partial charge < -0.3 is 16.8 Å². The molecular formula is C4H8Cl2N4O2. The highest BCUT2D eigenvalue weighted by Crippen LogP contribution is 1.77. The van der Waals surface area contributed by atoms with Gasteiger partial charge in [-0.25, -0.2) is 4.79 Å². The zero-order valence-electron chi connectivity index (χ0n) is 5.91. The summed E-state index contributed by atoms with van der Waals surface area (Å²) in [7, 11) is 0. The Balaban J connectivity index is 0. The maximum Gasteiger partial charge on any atom is 0.344 e. The SMILES string of the molecule is Cl.NC(N)=NC(=O)NCC(=O)Cl. The summed E-state index contributed by atoms with van der Waals surface area (Å²) >= 11 is 4.89. The van der Waals surface area contributed by atoms with Crippen molar-refractivity contribution < 1.29 is 9.59 Å². The van der Waals surface area contributed by atoms with Gasteiger partial charge in [0.15, 0.2) is 5.96 Å². The number of halogens is 2. The molecule has 0 fully saturated rings. The Morgan fingerprint density at radius 3 is 2.25 bits per heavy atom. The van der Waals surface area contributed by atoms with Gasteiger partial charge in [0.2, 0.25) is 5.24 Å². The van der Waals surface area contributed by atoms with Crippen molar-refractivity contribution in [2.24, 2.45) is 16.5 Å². The van der Waals surface area contributed by atoms with E-state index < -0.39 is 11.3 Å². The molecular weight excluding hydrogens is 207 g/mol. The van der Waals surface area contributed by atoms with Crippen LogP contribution in [0.4, 0.5) is 4.79 Å². The van der Waals surface area contributed by atoms with Crippen LogP contribution in [0.25, 0.3) is 0 Å². The third kappa shape index (κ3) is 8.99. The maximum atomic E-state index is 10.5. The third-order valence-corrected chi connectivity index (χ3v) is 0.743. The average molecular weight is 215 g/mol. The molecule has 2 amide bonds. The van der Waals surface area contributed by atoms with Crippen molar-refractivity contribution in [1.29, 1.82) is 0 Å². The van der Waals surface area contributed by atoms with Gasteiger partial charge in [0.1, 0.15) is 0 Å². The molecule has 0 aliphatic carbocycles. The number of urea groups is 1. The summed E-state index contributed by atoms with van der Waals surface area (Å²) in [5.74, 6) is -0.371. The first-order valence-corrected chi connectivity index (χ1v) is 2.96. The second-order valence-electron chi connectivity index (χ2n) is 1.55. The van der Waals surface area contributed by atoms with Crippen molar-refractivity contribution >= 4 is 41.2 Å². The number of hydrogen-bond donors (Lipinski definition) is 3. The van der Waals surface area contributed by atoms with E-state index in [9.17, 15) is 9.59 Å². The van der Waals surface area contributed by atoms with Gasteiger partial charge in [0.25, 0.3) is 0 Å². The highest BCUT2D eigenvalue weighted by Gasteiger charge is 2.00. The summed E-state index contributed by atoms with van der Waals surface area (Å²) in [5, 5.41) is 1.35. The lowest BCUT2D eigenvalue weighted by Crippen LogP contribution is -2.30. The standard InChI is InChI=1S/C4H7ClN4O2.ClH/c5-2(10)1-8-4(11)9-3(6)7;/h1H2,(H5,6,7,8,9,11);1H. The van der Waals surface area contributed by atoms with E-state index in [1.54, 1.807) is 0 Å². The fourth-order valence-electron chi connectivity index (χ4n) is 0.302. The molecule has 0 radical (unpaired) electrons. The molecule has 0 aromatic carbocycles. The van der Waals surface area contributed by atoms with Gasteiger partial charge in [0.05, 0.1) is 6.54 Å². The fourth-order valence-corrected chi connectivity index (χ4v) is 0.369. The van der Waals surface area contributed by atoms with Crippen LogP contribution < -0.4 is 16.8 Å². The lowest BCUT2D eigenvalue weighted by atomic mass is 10.7. The maximum absolute atomic E-state index is 10.5. The first kappa shape index (κ1) is 13.6. The van der Waals surface area contributed by atoms with E-state index in [2.05, 4.69) is 4.99 Å². The normalized spacial score (nSPS) is 7.75. The second kappa shape index (κ2) is 6.68. The lowest BCUT2D eigenvalue weighted by Gasteiger charge is -1.95. The number of nitrogens with one attached hydrogen (secondary N) is 1. The topological polar surface area (TPSA) is 111 Å². The Bertz CT molecular complexity index is 201.